The average molecular weight is 152 g/mol. The molecule has 0 fully saturated rings. The first kappa shape index (κ1) is 6.80. The van der Waals surface area contributed by atoms with E-state index in [9.17, 15) is 4.39 Å². The summed E-state index contributed by atoms with van der Waals surface area (Å²) in [5, 5.41) is 8.79. The molecular weight excluding hydrogens is 143 g/mol. The number of benzene rings is 1. The molecule has 0 heterocycles. The Bertz CT molecular complexity index is 269. The Kier molecular flexibility index (Phi) is 1.43. The largest absolute Gasteiger partial charge is 0.396 e. The molecule has 0 aliphatic heterocycles. The molecule has 0 bridgehead atoms. The summed E-state index contributed by atoms with van der Waals surface area (Å²) in [5.74, 6) is -0.126. The molecule has 11 heavy (non-hydrogen) atoms. The zero-order valence-electron chi connectivity index (χ0n) is 6.05. The van der Waals surface area contributed by atoms with Gasteiger partial charge in [0.15, 0.2) is 0 Å². The molecule has 1 nitrogen and oxygen atoms in total. The predicted octanol–water partition coefficient (Wildman–Crippen LogP) is 1.46. The first-order chi connectivity index (χ1) is 5.33. The molecule has 2 heteroatoms. The minimum atomic E-state index is -0.173. The SMILES string of the molecule is OCC1Cc2cccc(F)c21. The minimum Gasteiger partial charge on any atom is -0.396 e. The molecule has 1 aliphatic carbocycles. The lowest BCUT2D eigenvalue weighted by Gasteiger charge is -2.28. The van der Waals surface area contributed by atoms with Crippen LogP contribution in [0.4, 0.5) is 4.39 Å². The van der Waals surface area contributed by atoms with Gasteiger partial charge in [0.2, 0.25) is 0 Å². The topological polar surface area (TPSA) is 20.2 Å². The van der Waals surface area contributed by atoms with Crippen LogP contribution in [0.1, 0.15) is 17.0 Å². The normalized spacial score (nSPS) is 20.7. The van der Waals surface area contributed by atoms with Crippen molar-refractivity contribution in [3.05, 3.63) is 35.1 Å². The van der Waals surface area contributed by atoms with Crippen molar-refractivity contribution in [2.24, 2.45) is 0 Å². The zero-order chi connectivity index (χ0) is 7.84. The maximum absolute atomic E-state index is 13.0. The van der Waals surface area contributed by atoms with Gasteiger partial charge < -0.3 is 5.11 Å². The summed E-state index contributed by atoms with van der Waals surface area (Å²) in [5.41, 5.74) is 1.76. The lowest BCUT2D eigenvalue weighted by Crippen LogP contribution is -2.21. The maximum atomic E-state index is 13.0. The molecule has 1 atom stereocenters. The second kappa shape index (κ2) is 2.31. The molecule has 0 saturated carbocycles. The van der Waals surface area contributed by atoms with Gasteiger partial charge in [0, 0.05) is 5.92 Å². The van der Waals surface area contributed by atoms with Gasteiger partial charge in [-0.3, -0.25) is 0 Å². The van der Waals surface area contributed by atoms with E-state index in [2.05, 4.69) is 0 Å². The van der Waals surface area contributed by atoms with E-state index in [-0.39, 0.29) is 18.3 Å². The molecule has 1 unspecified atom stereocenters. The van der Waals surface area contributed by atoms with Crippen molar-refractivity contribution in [3.63, 3.8) is 0 Å². The van der Waals surface area contributed by atoms with Crippen LogP contribution in [0, 0.1) is 5.82 Å². The highest BCUT2D eigenvalue weighted by Crippen LogP contribution is 2.36. The van der Waals surface area contributed by atoms with Gasteiger partial charge >= 0.3 is 0 Å². The molecule has 1 aromatic carbocycles. The maximum Gasteiger partial charge on any atom is 0.127 e. The van der Waals surface area contributed by atoms with Crippen molar-refractivity contribution in [2.75, 3.05) is 6.61 Å². The lowest BCUT2D eigenvalue weighted by molar-refractivity contribution is 0.249. The smallest absolute Gasteiger partial charge is 0.127 e. The molecule has 0 amide bonds. The summed E-state index contributed by atoms with van der Waals surface area (Å²) in [7, 11) is 0. The van der Waals surface area contributed by atoms with Gasteiger partial charge in [-0.1, -0.05) is 12.1 Å². The van der Waals surface area contributed by atoms with Crippen LogP contribution < -0.4 is 0 Å². The molecule has 58 valence electrons. The van der Waals surface area contributed by atoms with Crippen LogP contribution in [0.25, 0.3) is 0 Å². The van der Waals surface area contributed by atoms with Gasteiger partial charge in [-0.25, -0.2) is 4.39 Å². The van der Waals surface area contributed by atoms with Crippen LogP contribution in [-0.2, 0) is 6.42 Å². The lowest BCUT2D eigenvalue weighted by atomic mass is 9.78. The fourth-order valence-corrected chi connectivity index (χ4v) is 1.61. The van der Waals surface area contributed by atoms with Crippen LogP contribution in [0.15, 0.2) is 18.2 Å². The van der Waals surface area contributed by atoms with Crippen LogP contribution >= 0.6 is 0 Å². The van der Waals surface area contributed by atoms with E-state index in [1.54, 1.807) is 6.07 Å². The van der Waals surface area contributed by atoms with E-state index in [1.165, 1.54) is 6.07 Å². The van der Waals surface area contributed by atoms with Crippen molar-refractivity contribution >= 4 is 0 Å². The predicted molar refractivity (Wildman–Crippen MR) is 39.9 cm³/mol. The molecule has 1 N–H and O–H groups in total. The van der Waals surface area contributed by atoms with E-state index in [0.717, 1.165) is 17.5 Å². The Morgan fingerprint density at radius 2 is 2.36 bits per heavy atom. The average Bonchev–Trinajstić information content (AvgIpc) is 1.93. The number of aliphatic hydroxyl groups excluding tert-OH is 1. The zero-order valence-corrected chi connectivity index (χ0v) is 6.05. The third kappa shape index (κ3) is 0.862. The molecule has 1 aromatic rings. The van der Waals surface area contributed by atoms with E-state index in [4.69, 9.17) is 5.11 Å². The van der Waals surface area contributed by atoms with Crippen LogP contribution in [0.3, 0.4) is 0 Å². The third-order valence-electron chi connectivity index (χ3n) is 2.24. The van der Waals surface area contributed by atoms with Crippen molar-refractivity contribution in [1.82, 2.24) is 0 Å². The van der Waals surface area contributed by atoms with Gasteiger partial charge in [-0.15, -0.1) is 0 Å². The van der Waals surface area contributed by atoms with Crippen molar-refractivity contribution < 1.29 is 9.50 Å². The van der Waals surface area contributed by atoms with Gasteiger partial charge in [-0.05, 0) is 23.6 Å². The standard InChI is InChI=1S/C9H9FO/c10-8-3-1-2-6-4-7(5-11)9(6)8/h1-3,7,11H,4-5H2. The molecule has 0 aromatic heterocycles. The Hall–Kier alpha value is -0.890. The fraction of sp³-hybridized carbons (Fsp3) is 0.333. The van der Waals surface area contributed by atoms with E-state index in [1.807, 2.05) is 6.07 Å². The van der Waals surface area contributed by atoms with Gasteiger partial charge in [-0.2, -0.15) is 0 Å². The summed E-state index contributed by atoms with van der Waals surface area (Å²) in [4.78, 5) is 0. The number of fused-ring (bicyclic) bond motifs is 1. The Morgan fingerprint density at radius 3 is 3.00 bits per heavy atom. The van der Waals surface area contributed by atoms with Crippen LogP contribution in [0.5, 0.6) is 0 Å². The van der Waals surface area contributed by atoms with Gasteiger partial charge in [0.1, 0.15) is 5.82 Å². The fourth-order valence-electron chi connectivity index (χ4n) is 1.61. The second-order valence-electron chi connectivity index (χ2n) is 2.90. The third-order valence-corrected chi connectivity index (χ3v) is 2.24. The minimum absolute atomic E-state index is 0.0474. The molecule has 0 saturated heterocycles. The first-order valence-electron chi connectivity index (χ1n) is 3.71. The van der Waals surface area contributed by atoms with Gasteiger partial charge in [0.25, 0.3) is 0 Å². The van der Waals surface area contributed by atoms with E-state index >= 15 is 0 Å². The van der Waals surface area contributed by atoms with Crippen LogP contribution in [0.2, 0.25) is 0 Å². The highest BCUT2D eigenvalue weighted by molar-refractivity contribution is 5.41. The quantitative estimate of drug-likeness (QED) is 0.645. The highest BCUT2D eigenvalue weighted by atomic mass is 19.1. The highest BCUT2D eigenvalue weighted by Gasteiger charge is 2.27. The Balaban J connectivity index is 2.43. The summed E-state index contributed by atoms with van der Waals surface area (Å²) >= 11 is 0. The van der Waals surface area contributed by atoms with Gasteiger partial charge in [0.05, 0.1) is 6.61 Å². The Labute approximate surface area is 64.5 Å². The van der Waals surface area contributed by atoms with Crippen molar-refractivity contribution in [2.45, 2.75) is 12.3 Å². The number of aliphatic hydroxyl groups is 1. The van der Waals surface area contributed by atoms with Crippen LogP contribution in [-0.4, -0.2) is 11.7 Å². The van der Waals surface area contributed by atoms with Crippen molar-refractivity contribution in [1.29, 1.82) is 0 Å². The summed E-state index contributed by atoms with van der Waals surface area (Å²) < 4.78 is 13.0. The van der Waals surface area contributed by atoms with E-state index < -0.39 is 0 Å². The molecule has 1 aliphatic rings. The second-order valence-corrected chi connectivity index (χ2v) is 2.90. The molecule has 0 radical (unpaired) electrons. The monoisotopic (exact) mass is 152 g/mol. The summed E-state index contributed by atoms with van der Waals surface area (Å²) in [6.07, 6.45) is 0.823. The van der Waals surface area contributed by atoms with Crippen molar-refractivity contribution in [3.8, 4) is 0 Å². The van der Waals surface area contributed by atoms with E-state index in [0.29, 0.717) is 0 Å². The molecule has 2 rings (SSSR count). The molecule has 0 spiro atoms. The molecular formula is C9H9FO. The number of hydrogen-bond donors (Lipinski definition) is 1. The number of hydrogen-bond acceptors (Lipinski definition) is 1. The first-order valence-corrected chi connectivity index (χ1v) is 3.71. The number of halogens is 1. The Morgan fingerprint density at radius 1 is 1.55 bits per heavy atom. The number of rotatable bonds is 1. The summed E-state index contributed by atoms with van der Waals surface area (Å²) in [6, 6.07) is 5.06. The summed E-state index contributed by atoms with van der Waals surface area (Å²) in [6.45, 7) is 0.0634.